The van der Waals surface area contributed by atoms with Gasteiger partial charge in [-0.05, 0) is 24.5 Å². The number of para-hydroxylation sites is 1. The lowest BCUT2D eigenvalue weighted by Gasteiger charge is -2.26. The minimum Gasteiger partial charge on any atom is -0.409 e. The average molecular weight is 249 g/mol. The highest BCUT2D eigenvalue weighted by Gasteiger charge is 2.14. The van der Waals surface area contributed by atoms with Crippen LogP contribution in [0, 0.1) is 12.8 Å². The highest BCUT2D eigenvalue weighted by molar-refractivity contribution is 6.02. The number of benzene rings is 1. The summed E-state index contributed by atoms with van der Waals surface area (Å²) < 4.78 is 0. The van der Waals surface area contributed by atoms with Gasteiger partial charge >= 0.3 is 0 Å². The molecule has 0 aliphatic heterocycles. The summed E-state index contributed by atoms with van der Waals surface area (Å²) in [6, 6.07) is 5.84. The van der Waals surface area contributed by atoms with Gasteiger partial charge in [0.05, 0.1) is 5.69 Å². The van der Waals surface area contributed by atoms with Crippen molar-refractivity contribution in [1.29, 1.82) is 0 Å². The molecule has 100 valence electrons. The molecule has 1 unspecified atom stereocenters. The van der Waals surface area contributed by atoms with Crippen LogP contribution in [-0.4, -0.2) is 24.6 Å². The fraction of sp³-hybridized carbons (Fsp3) is 0.500. The van der Waals surface area contributed by atoms with E-state index in [0.29, 0.717) is 5.92 Å². The largest absolute Gasteiger partial charge is 0.409 e. The van der Waals surface area contributed by atoms with Gasteiger partial charge in [-0.3, -0.25) is 0 Å². The maximum Gasteiger partial charge on any atom is 0.172 e. The van der Waals surface area contributed by atoms with Crippen LogP contribution in [0.4, 0.5) is 5.69 Å². The van der Waals surface area contributed by atoms with Crippen LogP contribution in [0.5, 0.6) is 0 Å². The first-order valence-electron chi connectivity index (χ1n) is 6.29. The molecule has 0 aromatic heterocycles. The summed E-state index contributed by atoms with van der Waals surface area (Å²) >= 11 is 0. The van der Waals surface area contributed by atoms with Crippen molar-refractivity contribution in [3.63, 3.8) is 0 Å². The summed E-state index contributed by atoms with van der Waals surface area (Å²) in [5.41, 5.74) is 8.68. The molecule has 1 atom stereocenters. The van der Waals surface area contributed by atoms with E-state index in [1.165, 1.54) is 0 Å². The van der Waals surface area contributed by atoms with Crippen molar-refractivity contribution in [2.24, 2.45) is 16.8 Å². The van der Waals surface area contributed by atoms with Gasteiger partial charge in [-0.1, -0.05) is 37.6 Å². The van der Waals surface area contributed by atoms with E-state index in [9.17, 15) is 0 Å². The molecule has 1 rings (SSSR count). The van der Waals surface area contributed by atoms with Crippen LogP contribution in [-0.2, 0) is 0 Å². The molecule has 0 saturated carbocycles. The Morgan fingerprint density at radius 1 is 1.50 bits per heavy atom. The molecule has 3 N–H and O–H groups in total. The van der Waals surface area contributed by atoms with E-state index in [1.54, 1.807) is 0 Å². The van der Waals surface area contributed by atoms with Crippen molar-refractivity contribution in [3.8, 4) is 0 Å². The molecular weight excluding hydrogens is 226 g/mol. The topological polar surface area (TPSA) is 61.8 Å². The lowest BCUT2D eigenvalue weighted by Crippen LogP contribution is -2.27. The highest BCUT2D eigenvalue weighted by atomic mass is 16.4. The van der Waals surface area contributed by atoms with Crippen LogP contribution >= 0.6 is 0 Å². The molecule has 0 bridgehead atoms. The van der Waals surface area contributed by atoms with Crippen molar-refractivity contribution in [2.75, 3.05) is 18.5 Å². The summed E-state index contributed by atoms with van der Waals surface area (Å²) in [5, 5.41) is 12.0. The monoisotopic (exact) mass is 249 g/mol. The number of hydrogen-bond acceptors (Lipinski definition) is 3. The Morgan fingerprint density at radius 2 is 2.17 bits per heavy atom. The zero-order chi connectivity index (χ0) is 13.7. The van der Waals surface area contributed by atoms with Crippen molar-refractivity contribution in [3.05, 3.63) is 29.3 Å². The second kappa shape index (κ2) is 6.28. The molecule has 0 aliphatic rings. The van der Waals surface area contributed by atoms with Crippen LogP contribution in [0.1, 0.15) is 31.4 Å². The maximum absolute atomic E-state index is 8.86. The molecule has 4 heteroatoms. The van der Waals surface area contributed by atoms with Crippen LogP contribution in [0.3, 0.4) is 0 Å². The normalized spacial score (nSPS) is 13.4. The Bertz CT molecular complexity index is 429. The summed E-state index contributed by atoms with van der Waals surface area (Å²) in [7, 11) is 2.04. The maximum atomic E-state index is 8.86. The first kappa shape index (κ1) is 14.4. The van der Waals surface area contributed by atoms with Crippen molar-refractivity contribution in [1.82, 2.24) is 0 Å². The van der Waals surface area contributed by atoms with Gasteiger partial charge in [0.25, 0.3) is 0 Å². The average Bonchev–Trinajstić information content (AvgIpc) is 2.36. The van der Waals surface area contributed by atoms with E-state index in [2.05, 4.69) is 23.9 Å². The molecule has 0 spiro atoms. The van der Waals surface area contributed by atoms with Gasteiger partial charge in [-0.25, -0.2) is 0 Å². The third-order valence-corrected chi connectivity index (χ3v) is 3.29. The molecule has 0 heterocycles. The Balaban J connectivity index is 3.13. The second-order valence-electron chi connectivity index (χ2n) is 4.85. The molecule has 0 saturated heterocycles. The number of amidine groups is 1. The quantitative estimate of drug-likeness (QED) is 0.365. The van der Waals surface area contributed by atoms with Gasteiger partial charge in [0.15, 0.2) is 5.84 Å². The van der Waals surface area contributed by atoms with Crippen molar-refractivity contribution in [2.45, 2.75) is 27.2 Å². The SMILES string of the molecule is CCC(C)CN(C)c1c(C)cccc1/C(N)=N/O. The third kappa shape index (κ3) is 3.15. The van der Waals surface area contributed by atoms with Gasteiger partial charge in [0.1, 0.15) is 0 Å². The number of rotatable bonds is 5. The minimum absolute atomic E-state index is 0.157. The van der Waals surface area contributed by atoms with E-state index >= 15 is 0 Å². The van der Waals surface area contributed by atoms with Gasteiger partial charge in [-0.15, -0.1) is 0 Å². The molecule has 0 fully saturated rings. The Hall–Kier alpha value is -1.71. The summed E-state index contributed by atoms with van der Waals surface area (Å²) in [4.78, 5) is 2.18. The molecule has 1 aromatic carbocycles. The molecule has 0 amide bonds. The molecule has 18 heavy (non-hydrogen) atoms. The number of anilines is 1. The lowest BCUT2D eigenvalue weighted by atomic mass is 10.0. The van der Waals surface area contributed by atoms with Crippen LogP contribution < -0.4 is 10.6 Å². The first-order chi connectivity index (χ1) is 8.51. The molecular formula is C14H23N3O. The number of oxime groups is 1. The van der Waals surface area contributed by atoms with Crippen molar-refractivity contribution >= 4 is 11.5 Å². The fourth-order valence-corrected chi connectivity index (χ4v) is 2.11. The standard InChI is InChI=1S/C14H23N3O/c1-5-10(2)9-17(4)13-11(3)7-6-8-12(13)14(15)16-18/h6-8,10,18H,5,9H2,1-4H3,(H2,15,16). The molecule has 1 aromatic rings. The van der Waals surface area contributed by atoms with Crippen LogP contribution in [0.2, 0.25) is 0 Å². The second-order valence-corrected chi connectivity index (χ2v) is 4.85. The van der Waals surface area contributed by atoms with Crippen molar-refractivity contribution < 1.29 is 5.21 Å². The van der Waals surface area contributed by atoms with Crippen LogP contribution in [0.15, 0.2) is 23.4 Å². The predicted molar refractivity (Wildman–Crippen MR) is 76.4 cm³/mol. The summed E-state index contributed by atoms with van der Waals surface area (Å²) in [6.45, 7) is 7.39. The lowest BCUT2D eigenvalue weighted by molar-refractivity contribution is 0.318. The highest BCUT2D eigenvalue weighted by Crippen LogP contribution is 2.25. The third-order valence-electron chi connectivity index (χ3n) is 3.29. The number of hydrogen-bond donors (Lipinski definition) is 2. The summed E-state index contributed by atoms with van der Waals surface area (Å²) in [5.74, 6) is 0.763. The van der Waals surface area contributed by atoms with Gasteiger partial charge in [-0.2, -0.15) is 0 Å². The van der Waals surface area contributed by atoms with Crippen LogP contribution in [0.25, 0.3) is 0 Å². The number of aryl methyl sites for hydroxylation is 1. The summed E-state index contributed by atoms with van der Waals surface area (Å²) in [6.07, 6.45) is 1.13. The number of nitrogens with zero attached hydrogens (tertiary/aromatic N) is 2. The zero-order valence-corrected chi connectivity index (χ0v) is 11.6. The Kier molecular flexibility index (Phi) is 5.01. The Morgan fingerprint density at radius 3 is 2.72 bits per heavy atom. The molecule has 0 aliphatic carbocycles. The fourth-order valence-electron chi connectivity index (χ4n) is 2.11. The van der Waals surface area contributed by atoms with Gasteiger partial charge in [0.2, 0.25) is 0 Å². The van der Waals surface area contributed by atoms with E-state index in [4.69, 9.17) is 10.9 Å². The van der Waals surface area contributed by atoms with E-state index in [-0.39, 0.29) is 5.84 Å². The van der Waals surface area contributed by atoms with Gasteiger partial charge in [0, 0.05) is 19.2 Å². The first-order valence-corrected chi connectivity index (χ1v) is 6.29. The molecule has 0 radical (unpaired) electrons. The number of nitrogens with two attached hydrogens (primary N) is 1. The Labute approximate surface area is 109 Å². The minimum atomic E-state index is 0.157. The van der Waals surface area contributed by atoms with E-state index < -0.39 is 0 Å². The van der Waals surface area contributed by atoms with Gasteiger partial charge < -0.3 is 15.8 Å². The van der Waals surface area contributed by atoms with E-state index in [0.717, 1.165) is 29.8 Å². The zero-order valence-electron chi connectivity index (χ0n) is 11.6. The predicted octanol–water partition coefficient (Wildman–Crippen LogP) is 2.57. The molecule has 4 nitrogen and oxygen atoms in total. The smallest absolute Gasteiger partial charge is 0.172 e. The van der Waals surface area contributed by atoms with E-state index in [1.807, 2.05) is 32.2 Å².